The number of esters is 1. The average molecular weight is 266 g/mol. The largest absolute Gasteiger partial charge is 0.469 e. The van der Waals surface area contributed by atoms with Crippen LogP contribution in [0.5, 0.6) is 0 Å². The highest BCUT2D eigenvalue weighted by atomic mass is 16.5. The summed E-state index contributed by atoms with van der Waals surface area (Å²) in [6, 6.07) is 0. The van der Waals surface area contributed by atoms with Crippen LogP contribution in [0.15, 0.2) is 36.5 Å². The molecule has 1 atom stereocenters. The minimum absolute atomic E-state index is 0.00259. The first-order valence-corrected chi connectivity index (χ1v) is 6.24. The highest BCUT2D eigenvalue weighted by molar-refractivity contribution is 5.90. The van der Waals surface area contributed by atoms with Gasteiger partial charge in [0.25, 0.3) is 0 Å². The van der Waals surface area contributed by atoms with Crippen LogP contribution in [0.1, 0.15) is 26.2 Å². The Labute approximate surface area is 114 Å². The number of hydrogen-bond acceptors (Lipinski definition) is 4. The minimum Gasteiger partial charge on any atom is -0.469 e. The van der Waals surface area contributed by atoms with E-state index in [0.717, 1.165) is 0 Å². The molecule has 0 saturated heterocycles. The van der Waals surface area contributed by atoms with Gasteiger partial charge in [-0.1, -0.05) is 30.4 Å². The van der Waals surface area contributed by atoms with Crippen LogP contribution >= 0.6 is 0 Å². The Bertz CT molecular complexity index is 353. The molecule has 0 rings (SSSR count). The summed E-state index contributed by atoms with van der Waals surface area (Å²) in [5.41, 5.74) is 0. The monoisotopic (exact) mass is 266 g/mol. The molecule has 0 aliphatic rings. The predicted octanol–water partition coefficient (Wildman–Crippen LogP) is 2.60. The van der Waals surface area contributed by atoms with Gasteiger partial charge in [0, 0.05) is 20.0 Å². The minimum atomic E-state index is -0.283. The van der Waals surface area contributed by atoms with E-state index in [9.17, 15) is 9.59 Å². The zero-order valence-corrected chi connectivity index (χ0v) is 11.8. The lowest BCUT2D eigenvalue weighted by Crippen LogP contribution is -2.01. The van der Waals surface area contributed by atoms with E-state index in [-0.39, 0.29) is 24.3 Å². The molecule has 106 valence electrons. The van der Waals surface area contributed by atoms with Gasteiger partial charge in [0.1, 0.15) is 0 Å². The van der Waals surface area contributed by atoms with E-state index in [4.69, 9.17) is 4.74 Å². The molecule has 0 aromatic heterocycles. The summed E-state index contributed by atoms with van der Waals surface area (Å²) < 4.78 is 9.53. The molecular formula is C15H22O4. The quantitative estimate of drug-likeness (QED) is 0.366. The van der Waals surface area contributed by atoms with Crippen LogP contribution in [-0.4, -0.2) is 32.1 Å². The summed E-state index contributed by atoms with van der Waals surface area (Å²) in [7, 11) is 2.98. The maximum atomic E-state index is 11.4. The van der Waals surface area contributed by atoms with Crippen molar-refractivity contribution in [3.63, 3.8) is 0 Å². The van der Waals surface area contributed by atoms with Crippen molar-refractivity contribution in [1.82, 2.24) is 0 Å². The van der Waals surface area contributed by atoms with Gasteiger partial charge < -0.3 is 9.47 Å². The molecule has 0 aromatic carbocycles. The SMILES string of the molecule is COC(=O)CCCC(=O)C=CC=CC=CC(C)OC. The standard InChI is InChI=1S/C15H22O4/c1-13(18-2)9-6-4-5-7-10-14(16)11-8-12-15(17)19-3/h4-7,9-10,13H,8,11-12H2,1-3H3. The third-order valence-electron chi connectivity index (χ3n) is 2.40. The summed E-state index contributed by atoms with van der Waals surface area (Å²) in [6.07, 6.45) is 11.8. The van der Waals surface area contributed by atoms with Crippen LogP contribution in [0.25, 0.3) is 0 Å². The Hall–Kier alpha value is -1.68. The number of methoxy groups -OCH3 is 2. The topological polar surface area (TPSA) is 52.6 Å². The van der Waals surface area contributed by atoms with Crippen LogP contribution in [-0.2, 0) is 19.1 Å². The highest BCUT2D eigenvalue weighted by Crippen LogP contribution is 1.99. The van der Waals surface area contributed by atoms with Gasteiger partial charge in [0.15, 0.2) is 5.78 Å². The molecule has 0 N–H and O–H groups in total. The highest BCUT2D eigenvalue weighted by Gasteiger charge is 2.01. The number of allylic oxidation sites excluding steroid dienone is 5. The lowest BCUT2D eigenvalue weighted by molar-refractivity contribution is -0.140. The molecular weight excluding hydrogens is 244 g/mol. The number of rotatable bonds is 9. The molecule has 0 saturated carbocycles. The first-order chi connectivity index (χ1) is 9.10. The van der Waals surface area contributed by atoms with Gasteiger partial charge in [0.05, 0.1) is 13.2 Å². The van der Waals surface area contributed by atoms with E-state index in [2.05, 4.69) is 4.74 Å². The third-order valence-corrected chi connectivity index (χ3v) is 2.40. The second-order valence-electron chi connectivity index (χ2n) is 3.97. The van der Waals surface area contributed by atoms with E-state index in [1.165, 1.54) is 13.2 Å². The summed E-state index contributed by atoms with van der Waals surface area (Å²) in [4.78, 5) is 22.2. The van der Waals surface area contributed by atoms with E-state index >= 15 is 0 Å². The predicted molar refractivity (Wildman–Crippen MR) is 74.8 cm³/mol. The molecule has 0 amide bonds. The molecule has 0 aliphatic carbocycles. The summed E-state index contributed by atoms with van der Waals surface area (Å²) in [6.45, 7) is 1.94. The van der Waals surface area contributed by atoms with Crippen LogP contribution < -0.4 is 0 Å². The van der Waals surface area contributed by atoms with Crippen LogP contribution in [0.3, 0.4) is 0 Å². The third kappa shape index (κ3) is 11.2. The van der Waals surface area contributed by atoms with Crippen molar-refractivity contribution in [3.8, 4) is 0 Å². The second-order valence-corrected chi connectivity index (χ2v) is 3.97. The molecule has 0 fully saturated rings. The molecule has 0 heterocycles. The van der Waals surface area contributed by atoms with Crippen molar-refractivity contribution in [3.05, 3.63) is 36.5 Å². The molecule has 4 heteroatoms. The maximum absolute atomic E-state index is 11.4. The molecule has 0 aliphatic heterocycles. The van der Waals surface area contributed by atoms with Crippen LogP contribution in [0, 0.1) is 0 Å². The van der Waals surface area contributed by atoms with Gasteiger partial charge in [-0.3, -0.25) is 9.59 Å². The molecule has 0 radical (unpaired) electrons. The van der Waals surface area contributed by atoms with Gasteiger partial charge >= 0.3 is 5.97 Å². The van der Waals surface area contributed by atoms with Crippen molar-refractivity contribution in [2.45, 2.75) is 32.3 Å². The zero-order chi connectivity index (χ0) is 14.5. The number of ether oxygens (including phenoxy) is 2. The van der Waals surface area contributed by atoms with E-state index in [1.54, 1.807) is 19.3 Å². The second kappa shape index (κ2) is 11.4. The lowest BCUT2D eigenvalue weighted by Gasteiger charge is -1.99. The number of hydrogen-bond donors (Lipinski definition) is 0. The lowest BCUT2D eigenvalue weighted by atomic mass is 10.1. The number of ketones is 1. The Kier molecular flexibility index (Phi) is 10.4. The summed E-state index contributed by atoms with van der Waals surface area (Å²) in [5, 5.41) is 0. The van der Waals surface area contributed by atoms with E-state index < -0.39 is 0 Å². The Morgan fingerprint density at radius 2 is 1.74 bits per heavy atom. The molecule has 19 heavy (non-hydrogen) atoms. The zero-order valence-electron chi connectivity index (χ0n) is 11.8. The Morgan fingerprint density at radius 3 is 2.37 bits per heavy atom. The molecule has 0 bridgehead atoms. The van der Waals surface area contributed by atoms with Gasteiger partial charge in [0.2, 0.25) is 0 Å². The smallest absolute Gasteiger partial charge is 0.305 e. The van der Waals surface area contributed by atoms with E-state index in [0.29, 0.717) is 12.8 Å². The van der Waals surface area contributed by atoms with Crippen molar-refractivity contribution in [1.29, 1.82) is 0 Å². The average Bonchev–Trinajstić information content (AvgIpc) is 2.41. The fourth-order valence-electron chi connectivity index (χ4n) is 1.18. The van der Waals surface area contributed by atoms with Gasteiger partial charge in [-0.05, 0) is 19.4 Å². The summed E-state index contributed by atoms with van der Waals surface area (Å²) >= 11 is 0. The Balaban J connectivity index is 3.81. The molecule has 0 aromatic rings. The van der Waals surface area contributed by atoms with Crippen LogP contribution in [0.2, 0.25) is 0 Å². The van der Waals surface area contributed by atoms with Gasteiger partial charge in [-0.2, -0.15) is 0 Å². The van der Waals surface area contributed by atoms with E-state index in [1.807, 2.05) is 25.2 Å². The molecule has 0 spiro atoms. The van der Waals surface area contributed by atoms with Crippen molar-refractivity contribution in [2.75, 3.05) is 14.2 Å². The van der Waals surface area contributed by atoms with Gasteiger partial charge in [-0.25, -0.2) is 0 Å². The first-order valence-electron chi connectivity index (χ1n) is 6.24. The van der Waals surface area contributed by atoms with Crippen molar-refractivity contribution in [2.24, 2.45) is 0 Å². The van der Waals surface area contributed by atoms with Crippen LogP contribution in [0.4, 0.5) is 0 Å². The Morgan fingerprint density at radius 1 is 1.05 bits per heavy atom. The molecule has 4 nitrogen and oxygen atoms in total. The molecule has 1 unspecified atom stereocenters. The summed E-state index contributed by atoms with van der Waals surface area (Å²) in [5.74, 6) is -0.281. The maximum Gasteiger partial charge on any atom is 0.305 e. The van der Waals surface area contributed by atoms with Gasteiger partial charge in [-0.15, -0.1) is 0 Å². The number of carbonyl (C=O) groups is 2. The first kappa shape index (κ1) is 17.3. The number of carbonyl (C=O) groups excluding carboxylic acids is 2. The van der Waals surface area contributed by atoms with Crippen molar-refractivity contribution < 1.29 is 19.1 Å². The fraction of sp³-hybridized carbons (Fsp3) is 0.467. The fourth-order valence-corrected chi connectivity index (χ4v) is 1.18. The normalized spacial score (nSPS) is 13.4. The van der Waals surface area contributed by atoms with Crippen molar-refractivity contribution >= 4 is 11.8 Å².